The molecule has 1 aliphatic rings. The SMILES string of the molecule is CC(C)CCN1C(=O)c2ccc(C(=O)Nc3sccc3C(N)=O)cc2C1=O. The van der Waals surface area contributed by atoms with Crippen molar-refractivity contribution in [3.05, 3.63) is 51.9 Å². The fourth-order valence-electron chi connectivity index (χ4n) is 2.80. The lowest BCUT2D eigenvalue weighted by atomic mass is 10.1. The van der Waals surface area contributed by atoms with Crippen molar-refractivity contribution in [1.29, 1.82) is 0 Å². The molecule has 1 aromatic heterocycles. The second-order valence-corrected chi connectivity index (χ2v) is 7.60. The average Bonchev–Trinajstić information content (AvgIpc) is 3.17. The largest absolute Gasteiger partial charge is 0.366 e. The second kappa shape index (κ2) is 7.32. The van der Waals surface area contributed by atoms with Gasteiger partial charge in [0, 0.05) is 12.1 Å². The van der Waals surface area contributed by atoms with E-state index in [1.165, 1.54) is 40.5 Å². The molecule has 7 nitrogen and oxygen atoms in total. The Morgan fingerprint density at radius 3 is 2.52 bits per heavy atom. The second-order valence-electron chi connectivity index (χ2n) is 6.69. The Labute approximate surface area is 160 Å². The van der Waals surface area contributed by atoms with Crippen LogP contribution < -0.4 is 11.1 Å². The highest BCUT2D eigenvalue weighted by atomic mass is 32.1. The highest BCUT2D eigenvalue weighted by molar-refractivity contribution is 7.14. The number of fused-ring (bicyclic) bond motifs is 1. The number of hydrogen-bond donors (Lipinski definition) is 2. The van der Waals surface area contributed by atoms with Crippen molar-refractivity contribution < 1.29 is 19.2 Å². The van der Waals surface area contributed by atoms with Gasteiger partial charge in [0.15, 0.2) is 0 Å². The van der Waals surface area contributed by atoms with Gasteiger partial charge in [-0.15, -0.1) is 11.3 Å². The summed E-state index contributed by atoms with van der Waals surface area (Å²) < 4.78 is 0. The van der Waals surface area contributed by atoms with Gasteiger partial charge < -0.3 is 11.1 Å². The first-order valence-corrected chi connectivity index (χ1v) is 9.36. The summed E-state index contributed by atoms with van der Waals surface area (Å²) in [6, 6.07) is 5.92. The van der Waals surface area contributed by atoms with Gasteiger partial charge in [0.1, 0.15) is 5.00 Å². The van der Waals surface area contributed by atoms with E-state index in [9.17, 15) is 19.2 Å². The lowest BCUT2D eigenvalue weighted by Gasteiger charge is -2.14. The molecule has 0 unspecified atom stereocenters. The predicted molar refractivity (Wildman–Crippen MR) is 102 cm³/mol. The van der Waals surface area contributed by atoms with Gasteiger partial charge in [-0.25, -0.2) is 0 Å². The Bertz CT molecular complexity index is 948. The number of amides is 4. The maximum Gasteiger partial charge on any atom is 0.261 e. The summed E-state index contributed by atoms with van der Waals surface area (Å²) in [7, 11) is 0. The van der Waals surface area contributed by atoms with Crippen LogP contribution in [0.4, 0.5) is 5.00 Å². The van der Waals surface area contributed by atoms with Crippen molar-refractivity contribution in [1.82, 2.24) is 4.90 Å². The molecule has 0 atom stereocenters. The molecule has 4 amide bonds. The van der Waals surface area contributed by atoms with Gasteiger partial charge in [-0.2, -0.15) is 0 Å². The van der Waals surface area contributed by atoms with E-state index in [4.69, 9.17) is 5.73 Å². The molecule has 27 heavy (non-hydrogen) atoms. The third-order valence-corrected chi connectivity index (χ3v) is 5.15. The van der Waals surface area contributed by atoms with Crippen LogP contribution in [0.25, 0.3) is 0 Å². The summed E-state index contributed by atoms with van der Waals surface area (Å²) in [5.41, 5.74) is 6.24. The summed E-state index contributed by atoms with van der Waals surface area (Å²) in [6.07, 6.45) is 0.715. The van der Waals surface area contributed by atoms with Crippen LogP contribution in [0.1, 0.15) is 61.7 Å². The maximum absolute atomic E-state index is 12.6. The molecule has 140 valence electrons. The van der Waals surface area contributed by atoms with E-state index in [0.29, 0.717) is 29.4 Å². The van der Waals surface area contributed by atoms with E-state index in [-0.39, 0.29) is 28.5 Å². The van der Waals surface area contributed by atoms with Crippen LogP contribution in [0.3, 0.4) is 0 Å². The highest BCUT2D eigenvalue weighted by Crippen LogP contribution is 2.27. The number of nitrogens with zero attached hydrogens (tertiary/aromatic N) is 1. The highest BCUT2D eigenvalue weighted by Gasteiger charge is 2.35. The molecule has 3 N–H and O–H groups in total. The first kappa shape index (κ1) is 18.8. The van der Waals surface area contributed by atoms with E-state index < -0.39 is 11.8 Å². The topological polar surface area (TPSA) is 110 Å². The molecule has 0 saturated heterocycles. The maximum atomic E-state index is 12.6. The number of benzene rings is 1. The van der Waals surface area contributed by atoms with Gasteiger partial charge in [0.2, 0.25) is 0 Å². The van der Waals surface area contributed by atoms with Crippen molar-refractivity contribution in [3.63, 3.8) is 0 Å². The number of carbonyl (C=O) groups excluding carboxylic acids is 4. The molecule has 1 aromatic carbocycles. The molecule has 0 saturated carbocycles. The van der Waals surface area contributed by atoms with Crippen LogP contribution in [-0.2, 0) is 0 Å². The van der Waals surface area contributed by atoms with Crippen LogP contribution in [0.5, 0.6) is 0 Å². The average molecular weight is 385 g/mol. The minimum atomic E-state index is -0.637. The van der Waals surface area contributed by atoms with Gasteiger partial charge in [-0.05, 0) is 42.0 Å². The Hall–Kier alpha value is -3.00. The molecular formula is C19H19N3O4S. The van der Waals surface area contributed by atoms with E-state index in [1.54, 1.807) is 5.38 Å². The molecule has 0 bridgehead atoms. The van der Waals surface area contributed by atoms with Crippen molar-refractivity contribution in [3.8, 4) is 0 Å². The number of primary amides is 1. The summed E-state index contributed by atoms with van der Waals surface area (Å²) in [5.74, 6) is -1.48. The molecule has 0 fully saturated rings. The monoisotopic (exact) mass is 385 g/mol. The number of nitrogens with two attached hydrogens (primary N) is 1. The fraction of sp³-hybridized carbons (Fsp3) is 0.263. The zero-order chi connectivity index (χ0) is 19.7. The van der Waals surface area contributed by atoms with Crippen LogP contribution in [0.15, 0.2) is 29.6 Å². The molecular weight excluding hydrogens is 366 g/mol. The number of hydrogen-bond acceptors (Lipinski definition) is 5. The van der Waals surface area contributed by atoms with Crippen molar-refractivity contribution >= 4 is 40.0 Å². The minimum absolute atomic E-state index is 0.220. The van der Waals surface area contributed by atoms with Crippen molar-refractivity contribution in [2.45, 2.75) is 20.3 Å². The Morgan fingerprint density at radius 1 is 1.15 bits per heavy atom. The molecule has 8 heteroatoms. The summed E-state index contributed by atoms with van der Waals surface area (Å²) in [4.78, 5) is 50.1. The number of thiophene rings is 1. The predicted octanol–water partition coefficient (Wildman–Crippen LogP) is 2.74. The fourth-order valence-corrected chi connectivity index (χ4v) is 3.59. The van der Waals surface area contributed by atoms with E-state index in [0.717, 1.165) is 0 Å². The third-order valence-electron chi connectivity index (χ3n) is 4.32. The van der Waals surface area contributed by atoms with Gasteiger partial charge in [0.25, 0.3) is 23.6 Å². The smallest absolute Gasteiger partial charge is 0.261 e. The first-order valence-electron chi connectivity index (χ1n) is 8.48. The number of rotatable bonds is 6. The molecule has 0 aliphatic carbocycles. The quantitative estimate of drug-likeness (QED) is 0.745. The third kappa shape index (κ3) is 3.61. The van der Waals surface area contributed by atoms with Crippen molar-refractivity contribution in [2.24, 2.45) is 11.7 Å². The summed E-state index contributed by atoms with van der Waals surface area (Å²) in [6.45, 7) is 4.39. The van der Waals surface area contributed by atoms with E-state index >= 15 is 0 Å². The first-order chi connectivity index (χ1) is 12.8. The minimum Gasteiger partial charge on any atom is -0.366 e. The zero-order valence-electron chi connectivity index (χ0n) is 14.9. The van der Waals surface area contributed by atoms with Crippen LogP contribution >= 0.6 is 11.3 Å². The Morgan fingerprint density at radius 2 is 1.85 bits per heavy atom. The normalized spacial score (nSPS) is 13.2. The molecule has 3 rings (SSSR count). The standard InChI is InChI=1S/C19H19N3O4S/c1-10(2)5-7-22-18(25)12-4-3-11(9-14(12)19(22)26)16(24)21-17-13(15(20)23)6-8-27-17/h3-4,6,8-10H,5,7H2,1-2H3,(H2,20,23)(H,21,24). The molecule has 2 heterocycles. The number of carbonyl (C=O) groups is 4. The van der Waals surface area contributed by atoms with Crippen molar-refractivity contribution in [2.75, 3.05) is 11.9 Å². The molecule has 1 aliphatic heterocycles. The van der Waals surface area contributed by atoms with Crippen LogP contribution in [0, 0.1) is 5.92 Å². The van der Waals surface area contributed by atoms with Gasteiger partial charge in [-0.1, -0.05) is 13.8 Å². The lowest BCUT2D eigenvalue weighted by Crippen LogP contribution is -2.31. The summed E-state index contributed by atoms with van der Waals surface area (Å²) in [5, 5.41) is 4.61. The number of anilines is 1. The van der Waals surface area contributed by atoms with Crippen LogP contribution in [-0.4, -0.2) is 35.1 Å². The molecule has 0 spiro atoms. The van der Waals surface area contributed by atoms with Gasteiger partial charge in [-0.3, -0.25) is 24.1 Å². The molecule has 0 radical (unpaired) electrons. The number of imide groups is 1. The van der Waals surface area contributed by atoms with Gasteiger partial charge in [0.05, 0.1) is 16.7 Å². The Balaban J connectivity index is 1.82. The Kier molecular flexibility index (Phi) is 5.09. The van der Waals surface area contributed by atoms with E-state index in [2.05, 4.69) is 5.32 Å². The number of nitrogens with one attached hydrogen (secondary N) is 1. The molecule has 2 aromatic rings. The van der Waals surface area contributed by atoms with Gasteiger partial charge >= 0.3 is 0 Å². The lowest BCUT2D eigenvalue weighted by molar-refractivity contribution is 0.0647. The summed E-state index contributed by atoms with van der Waals surface area (Å²) >= 11 is 1.17. The van der Waals surface area contributed by atoms with Crippen LogP contribution in [0.2, 0.25) is 0 Å². The van der Waals surface area contributed by atoms with E-state index in [1.807, 2.05) is 13.8 Å². The zero-order valence-corrected chi connectivity index (χ0v) is 15.8.